The summed E-state index contributed by atoms with van der Waals surface area (Å²) in [7, 11) is 3.17. The number of hydrogen-bond donors (Lipinski definition) is 1. The van der Waals surface area contributed by atoms with Crippen LogP contribution in [0.3, 0.4) is 0 Å². The molecule has 2 atom stereocenters. The third-order valence-electron chi connectivity index (χ3n) is 6.40. The lowest BCUT2D eigenvalue weighted by Gasteiger charge is -2.52. The number of rotatable bonds is 2. The smallest absolute Gasteiger partial charge is 0.231 e. The molecule has 1 aromatic rings. The summed E-state index contributed by atoms with van der Waals surface area (Å²) < 4.78 is 22.4. The molecule has 0 radical (unpaired) electrons. The van der Waals surface area contributed by atoms with E-state index in [9.17, 15) is 4.79 Å². The number of Topliss-reactive ketones (excluding diaryl/α,β-unsaturated/α-hetero) is 1. The summed E-state index contributed by atoms with van der Waals surface area (Å²) in [5.74, 6) is 2.58. The van der Waals surface area contributed by atoms with E-state index in [1.54, 1.807) is 14.2 Å². The second-order valence-electron chi connectivity index (χ2n) is 7.19. The molecule has 5 rings (SSSR count). The lowest BCUT2D eigenvalue weighted by atomic mass is 9.54. The van der Waals surface area contributed by atoms with E-state index in [1.807, 2.05) is 0 Å². The largest absolute Gasteiger partial charge is 0.495 e. The van der Waals surface area contributed by atoms with Crippen molar-refractivity contribution in [2.45, 2.75) is 36.6 Å². The number of aryl methyl sites for hydroxylation is 1. The molecule has 1 aromatic carbocycles. The van der Waals surface area contributed by atoms with Crippen molar-refractivity contribution in [2.24, 2.45) is 0 Å². The number of methoxy groups -OCH3 is 2. The maximum atomic E-state index is 12.9. The van der Waals surface area contributed by atoms with E-state index in [1.165, 1.54) is 11.1 Å². The average Bonchev–Trinajstić information content (AvgIpc) is 3.22. The van der Waals surface area contributed by atoms with Gasteiger partial charge in [-0.3, -0.25) is 4.79 Å². The van der Waals surface area contributed by atoms with Crippen molar-refractivity contribution in [1.82, 2.24) is 5.32 Å². The van der Waals surface area contributed by atoms with Gasteiger partial charge in [0.2, 0.25) is 18.3 Å². The molecule has 4 aliphatic rings. The Morgan fingerprint density at radius 1 is 1.12 bits per heavy atom. The zero-order valence-electron chi connectivity index (χ0n) is 14.4. The van der Waals surface area contributed by atoms with Gasteiger partial charge in [-0.05, 0) is 49.1 Å². The highest BCUT2D eigenvalue weighted by Gasteiger charge is 2.65. The summed E-state index contributed by atoms with van der Waals surface area (Å²) in [5.41, 5.74) is 1.70. The van der Waals surface area contributed by atoms with Crippen LogP contribution < -0.4 is 14.8 Å². The molecule has 0 spiro atoms. The number of fused-ring (bicyclic) bond motifs is 2. The normalized spacial score (nSPS) is 32.2. The molecule has 0 bridgehead atoms. The van der Waals surface area contributed by atoms with Crippen molar-refractivity contribution in [1.29, 1.82) is 0 Å². The van der Waals surface area contributed by atoms with Crippen LogP contribution in [0.4, 0.5) is 0 Å². The fraction of sp³-hybridized carbons (Fsp3) is 0.526. The molecule has 0 unspecified atom stereocenters. The van der Waals surface area contributed by atoms with Crippen molar-refractivity contribution in [3.8, 4) is 11.5 Å². The average molecular weight is 343 g/mol. The van der Waals surface area contributed by atoms with Crippen molar-refractivity contribution in [3.63, 3.8) is 0 Å². The maximum Gasteiger partial charge on any atom is 0.231 e. The first-order valence-electron chi connectivity index (χ1n) is 8.69. The molecule has 2 aliphatic heterocycles. The van der Waals surface area contributed by atoms with Crippen LogP contribution in [-0.4, -0.2) is 38.9 Å². The van der Waals surface area contributed by atoms with Gasteiger partial charge in [-0.1, -0.05) is 0 Å². The van der Waals surface area contributed by atoms with Crippen molar-refractivity contribution in [2.75, 3.05) is 27.6 Å². The summed E-state index contributed by atoms with van der Waals surface area (Å²) >= 11 is 0. The number of ether oxygens (including phenoxy) is 4. The fourth-order valence-electron chi connectivity index (χ4n) is 5.42. The van der Waals surface area contributed by atoms with Gasteiger partial charge in [0.15, 0.2) is 17.3 Å². The second kappa shape index (κ2) is 4.91. The molecule has 132 valence electrons. The van der Waals surface area contributed by atoms with Crippen LogP contribution in [0.25, 0.3) is 0 Å². The summed E-state index contributed by atoms with van der Waals surface area (Å²) in [6.45, 7) is 1.09. The van der Waals surface area contributed by atoms with Crippen molar-refractivity contribution >= 4 is 5.78 Å². The Hall–Kier alpha value is -2.21. The van der Waals surface area contributed by atoms with Gasteiger partial charge >= 0.3 is 0 Å². The van der Waals surface area contributed by atoms with Gasteiger partial charge in [0.05, 0.1) is 19.8 Å². The molecule has 1 saturated heterocycles. The fourth-order valence-corrected chi connectivity index (χ4v) is 5.42. The predicted molar refractivity (Wildman–Crippen MR) is 88.6 cm³/mol. The summed E-state index contributed by atoms with van der Waals surface area (Å²) in [5, 5.41) is 3.67. The van der Waals surface area contributed by atoms with Crippen LogP contribution in [0.15, 0.2) is 23.7 Å². The van der Waals surface area contributed by atoms with Crippen LogP contribution in [-0.2, 0) is 26.1 Å². The number of carbonyl (C=O) groups is 1. The van der Waals surface area contributed by atoms with Gasteiger partial charge in [-0.25, -0.2) is 0 Å². The van der Waals surface area contributed by atoms with Crippen LogP contribution in [0, 0.1) is 0 Å². The lowest BCUT2D eigenvalue weighted by Crippen LogP contribution is -2.62. The topological polar surface area (TPSA) is 66.0 Å². The molecule has 0 amide bonds. The molecule has 1 N–H and O–H groups in total. The minimum absolute atomic E-state index is 0.00388. The number of allylic oxidation sites excluding steroid dienone is 1. The van der Waals surface area contributed by atoms with Crippen LogP contribution in [0.2, 0.25) is 0 Å². The molecule has 2 aliphatic carbocycles. The van der Waals surface area contributed by atoms with Crippen molar-refractivity contribution in [3.05, 3.63) is 34.8 Å². The monoisotopic (exact) mass is 343 g/mol. The SMILES string of the molecule is COC1=C(OC)[C@]23CCc4cc5c(cc4[C@@]2(CCN3)CC1=O)OCO5. The van der Waals surface area contributed by atoms with Crippen LogP contribution >= 0.6 is 0 Å². The second-order valence-corrected chi connectivity index (χ2v) is 7.19. The lowest BCUT2D eigenvalue weighted by molar-refractivity contribution is -0.123. The van der Waals surface area contributed by atoms with E-state index in [2.05, 4.69) is 17.4 Å². The quantitative estimate of drug-likeness (QED) is 0.883. The standard InChI is InChI=1S/C19H21NO5/c1-22-16-13(21)9-18-5-6-20-19(18,17(16)23-2)4-3-11-7-14-15(8-12(11)18)25-10-24-14/h7-8,20H,3-6,9-10H2,1-2H3/t18-,19-/m1/s1. The van der Waals surface area contributed by atoms with Gasteiger partial charge in [0.1, 0.15) is 0 Å². The molecule has 6 heteroatoms. The molecule has 2 heterocycles. The minimum atomic E-state index is -0.401. The molecule has 6 nitrogen and oxygen atoms in total. The van der Waals surface area contributed by atoms with E-state index >= 15 is 0 Å². The summed E-state index contributed by atoms with van der Waals surface area (Å²) in [6, 6.07) is 4.16. The molecule has 0 saturated carbocycles. The zero-order valence-corrected chi connectivity index (χ0v) is 14.4. The number of nitrogens with one attached hydrogen (secondary N) is 1. The van der Waals surface area contributed by atoms with E-state index in [0.717, 1.165) is 37.3 Å². The van der Waals surface area contributed by atoms with E-state index < -0.39 is 5.54 Å². The first-order valence-corrected chi connectivity index (χ1v) is 8.69. The maximum absolute atomic E-state index is 12.9. The highest BCUT2D eigenvalue weighted by molar-refractivity contribution is 5.97. The first-order chi connectivity index (χ1) is 12.1. The van der Waals surface area contributed by atoms with Crippen molar-refractivity contribution < 1.29 is 23.7 Å². The summed E-state index contributed by atoms with van der Waals surface area (Å²) in [4.78, 5) is 12.9. The molecule has 0 aromatic heterocycles. The highest BCUT2D eigenvalue weighted by Crippen LogP contribution is 2.59. The molecular formula is C19H21NO5. The third-order valence-corrected chi connectivity index (χ3v) is 6.40. The van der Waals surface area contributed by atoms with Gasteiger partial charge < -0.3 is 24.3 Å². The first kappa shape index (κ1) is 15.1. The number of ketones is 1. The third kappa shape index (κ3) is 1.66. The zero-order chi connectivity index (χ0) is 17.2. The predicted octanol–water partition coefficient (Wildman–Crippen LogP) is 1.81. The number of benzene rings is 1. The van der Waals surface area contributed by atoms with Gasteiger partial charge in [-0.15, -0.1) is 0 Å². The molecule has 25 heavy (non-hydrogen) atoms. The van der Waals surface area contributed by atoms with E-state index in [4.69, 9.17) is 18.9 Å². The Morgan fingerprint density at radius 2 is 1.92 bits per heavy atom. The van der Waals surface area contributed by atoms with E-state index in [-0.39, 0.29) is 18.0 Å². The summed E-state index contributed by atoms with van der Waals surface area (Å²) in [6.07, 6.45) is 3.06. The van der Waals surface area contributed by atoms with E-state index in [0.29, 0.717) is 17.9 Å². The Labute approximate surface area is 146 Å². The Kier molecular flexibility index (Phi) is 2.96. The van der Waals surface area contributed by atoms with Crippen LogP contribution in [0.5, 0.6) is 11.5 Å². The molecule has 1 fully saturated rings. The van der Waals surface area contributed by atoms with Gasteiger partial charge in [-0.2, -0.15) is 0 Å². The molecular weight excluding hydrogens is 322 g/mol. The van der Waals surface area contributed by atoms with Gasteiger partial charge in [0.25, 0.3) is 0 Å². The highest BCUT2D eigenvalue weighted by atomic mass is 16.7. The number of hydrogen-bond acceptors (Lipinski definition) is 6. The Bertz CT molecular complexity index is 816. The van der Waals surface area contributed by atoms with Gasteiger partial charge in [0, 0.05) is 11.8 Å². The minimum Gasteiger partial charge on any atom is -0.495 e. The number of carbonyl (C=O) groups excluding carboxylic acids is 1. The Balaban J connectivity index is 1.77. The Morgan fingerprint density at radius 3 is 2.68 bits per heavy atom. The van der Waals surface area contributed by atoms with Crippen LogP contribution in [0.1, 0.15) is 30.4 Å².